The molecular weight excluding hydrogens is 386 g/mol. The number of hydrogen-bond donors (Lipinski definition) is 2. The molecule has 9 nitrogen and oxygen atoms in total. The molecule has 1 unspecified atom stereocenters. The summed E-state index contributed by atoms with van der Waals surface area (Å²) >= 11 is 0. The third-order valence-corrected chi connectivity index (χ3v) is 4.72. The predicted octanol–water partition coefficient (Wildman–Crippen LogP) is 2.20. The van der Waals surface area contributed by atoms with Gasteiger partial charge in [-0.3, -0.25) is 10.1 Å². The van der Waals surface area contributed by atoms with Crippen molar-refractivity contribution >= 4 is 11.4 Å². The Kier molecular flexibility index (Phi) is 4.68. The van der Waals surface area contributed by atoms with E-state index in [2.05, 4.69) is 15.5 Å². The van der Waals surface area contributed by atoms with Crippen LogP contribution in [-0.2, 0) is 18.7 Å². The van der Waals surface area contributed by atoms with Gasteiger partial charge in [0.05, 0.1) is 23.7 Å². The van der Waals surface area contributed by atoms with E-state index in [0.717, 1.165) is 11.6 Å². The fraction of sp³-hybridized carbons (Fsp3) is 0.222. The van der Waals surface area contributed by atoms with Crippen molar-refractivity contribution in [3.8, 4) is 0 Å². The average molecular weight is 402 g/mol. The van der Waals surface area contributed by atoms with Crippen LogP contribution in [0, 0.1) is 21.7 Å². The van der Waals surface area contributed by atoms with Gasteiger partial charge >= 0.3 is 0 Å². The van der Waals surface area contributed by atoms with E-state index in [1.807, 2.05) is 0 Å². The number of anilines is 1. The maximum absolute atomic E-state index is 14.5. The summed E-state index contributed by atoms with van der Waals surface area (Å²) in [5.41, 5.74) is 2.36. The van der Waals surface area contributed by atoms with Crippen molar-refractivity contribution in [2.75, 3.05) is 12.0 Å². The molecule has 0 spiro atoms. The highest BCUT2D eigenvalue weighted by Gasteiger charge is 2.37. The molecule has 0 bridgehead atoms. The molecule has 4 rings (SSSR count). The van der Waals surface area contributed by atoms with Crippen LogP contribution < -0.4 is 5.43 Å². The zero-order chi connectivity index (χ0) is 20.6. The van der Waals surface area contributed by atoms with Gasteiger partial charge in [-0.1, -0.05) is 6.07 Å². The number of hydrazine groups is 1. The molecule has 0 radical (unpaired) electrons. The second-order valence-electron chi connectivity index (χ2n) is 6.82. The number of nitro benzene ring substituents is 1. The van der Waals surface area contributed by atoms with E-state index in [0.29, 0.717) is 18.3 Å². The van der Waals surface area contributed by atoms with Crippen LogP contribution in [0.25, 0.3) is 0 Å². The lowest BCUT2D eigenvalue weighted by Crippen LogP contribution is -2.45. The smallest absolute Gasteiger partial charge is 0.271 e. The van der Waals surface area contributed by atoms with E-state index < -0.39 is 22.2 Å². The summed E-state index contributed by atoms with van der Waals surface area (Å²) < 4.78 is 29.2. The maximum atomic E-state index is 14.5. The first-order valence-corrected chi connectivity index (χ1v) is 8.63. The van der Waals surface area contributed by atoms with Crippen molar-refractivity contribution in [3.05, 3.63) is 81.9 Å². The number of nitro groups is 1. The quantitative estimate of drug-likeness (QED) is 0.480. The number of fused-ring (bicyclic) bond motifs is 1. The number of hydrogen-bond acceptors (Lipinski definition) is 7. The lowest BCUT2D eigenvalue weighted by atomic mass is 9.92. The Morgan fingerprint density at radius 3 is 2.76 bits per heavy atom. The molecule has 11 heteroatoms. The van der Waals surface area contributed by atoms with Crippen molar-refractivity contribution in [2.24, 2.45) is 0 Å². The minimum absolute atomic E-state index is 0.0689. The Hall–Kier alpha value is -3.44. The number of β-amino-alcohol motifs (C(OH)–C–C–N with tert-alkyl or cyclic N) is 1. The Balaban J connectivity index is 1.63. The molecule has 0 fully saturated rings. The van der Waals surface area contributed by atoms with Crippen LogP contribution in [0.1, 0.15) is 11.1 Å². The van der Waals surface area contributed by atoms with Gasteiger partial charge in [0.1, 0.15) is 29.9 Å². The molecule has 1 aromatic heterocycles. The minimum Gasteiger partial charge on any atom is -0.382 e. The van der Waals surface area contributed by atoms with E-state index in [-0.39, 0.29) is 24.3 Å². The summed E-state index contributed by atoms with van der Waals surface area (Å²) in [6, 6.07) is 7.37. The lowest BCUT2D eigenvalue weighted by Gasteiger charge is -2.33. The number of rotatable bonds is 6. The summed E-state index contributed by atoms with van der Waals surface area (Å²) in [6.45, 7) is 0.0952. The highest BCUT2D eigenvalue weighted by molar-refractivity contribution is 5.59. The van der Waals surface area contributed by atoms with Gasteiger partial charge in [-0.05, 0) is 17.7 Å². The molecule has 1 aliphatic rings. The van der Waals surface area contributed by atoms with Gasteiger partial charge < -0.3 is 10.5 Å². The normalized spacial score (nSPS) is 15.6. The number of aliphatic hydroxyl groups is 1. The van der Waals surface area contributed by atoms with Gasteiger partial charge in [0.25, 0.3) is 5.69 Å². The molecule has 2 heterocycles. The molecule has 0 amide bonds. The summed E-state index contributed by atoms with van der Waals surface area (Å²) in [7, 11) is 0. The summed E-state index contributed by atoms with van der Waals surface area (Å²) in [4.78, 5) is 14.3. The second kappa shape index (κ2) is 7.18. The zero-order valence-corrected chi connectivity index (χ0v) is 15.0. The van der Waals surface area contributed by atoms with E-state index in [1.54, 1.807) is 11.1 Å². The first-order valence-electron chi connectivity index (χ1n) is 8.63. The molecule has 3 aromatic rings. The van der Waals surface area contributed by atoms with Gasteiger partial charge in [-0.15, -0.1) is 0 Å². The lowest BCUT2D eigenvalue weighted by molar-refractivity contribution is -0.384. The third kappa shape index (κ3) is 3.77. The second-order valence-corrected chi connectivity index (χ2v) is 6.82. The molecule has 2 N–H and O–H groups in total. The van der Waals surface area contributed by atoms with Crippen LogP contribution in [-0.4, -0.2) is 36.3 Å². The van der Waals surface area contributed by atoms with Crippen LogP contribution >= 0.6 is 0 Å². The van der Waals surface area contributed by atoms with Crippen LogP contribution in [0.4, 0.5) is 20.2 Å². The highest BCUT2D eigenvalue weighted by Crippen LogP contribution is 2.33. The first-order chi connectivity index (χ1) is 13.8. The van der Waals surface area contributed by atoms with Crippen LogP contribution in [0.3, 0.4) is 0 Å². The summed E-state index contributed by atoms with van der Waals surface area (Å²) in [5.74, 6) is -1.65. The third-order valence-electron chi connectivity index (χ3n) is 4.72. The Labute approximate surface area is 163 Å². The van der Waals surface area contributed by atoms with Gasteiger partial charge in [0.2, 0.25) is 0 Å². The largest absolute Gasteiger partial charge is 0.382 e. The van der Waals surface area contributed by atoms with Crippen LogP contribution in [0.2, 0.25) is 0 Å². The molecule has 150 valence electrons. The minimum atomic E-state index is -1.79. The topological polar surface area (TPSA) is 109 Å². The van der Waals surface area contributed by atoms with Crippen molar-refractivity contribution in [2.45, 2.75) is 18.7 Å². The number of aromatic nitrogens is 3. The van der Waals surface area contributed by atoms with Crippen molar-refractivity contribution in [3.63, 3.8) is 0 Å². The Morgan fingerprint density at radius 2 is 2.07 bits per heavy atom. The SMILES string of the molecule is O=[N+]([O-])c1ccc2c(c1)NN(CC(O)(Cn1cncn1)c1ccc(F)cc1F)C2. The van der Waals surface area contributed by atoms with Crippen molar-refractivity contribution in [1.29, 1.82) is 0 Å². The van der Waals surface area contributed by atoms with Crippen molar-refractivity contribution < 1.29 is 18.8 Å². The van der Waals surface area contributed by atoms with Gasteiger partial charge in [0, 0.05) is 30.3 Å². The Morgan fingerprint density at radius 1 is 1.24 bits per heavy atom. The molecule has 2 aromatic carbocycles. The van der Waals surface area contributed by atoms with Gasteiger partial charge in [-0.2, -0.15) is 5.10 Å². The van der Waals surface area contributed by atoms with E-state index >= 15 is 0 Å². The molecule has 29 heavy (non-hydrogen) atoms. The van der Waals surface area contributed by atoms with Gasteiger partial charge in [0.15, 0.2) is 0 Å². The van der Waals surface area contributed by atoms with E-state index in [1.165, 1.54) is 35.5 Å². The standard InChI is InChI=1S/C18H16F2N6O3/c19-13-2-4-15(16(20)5-13)18(27,9-25-11-21-10-22-25)8-24-7-12-1-3-14(26(28)29)6-17(12)23-24/h1-6,10-11,23,27H,7-9H2. The highest BCUT2D eigenvalue weighted by atomic mass is 19.1. The number of halogens is 2. The molecule has 1 atom stereocenters. The van der Waals surface area contributed by atoms with Gasteiger partial charge in [-0.25, -0.2) is 23.5 Å². The molecule has 0 saturated heterocycles. The number of nitrogens with one attached hydrogen (secondary N) is 1. The maximum Gasteiger partial charge on any atom is 0.271 e. The zero-order valence-electron chi connectivity index (χ0n) is 15.0. The number of benzene rings is 2. The van der Waals surface area contributed by atoms with E-state index in [4.69, 9.17) is 0 Å². The summed E-state index contributed by atoms with van der Waals surface area (Å²) in [5, 5.41) is 27.9. The number of non-ortho nitro benzene ring substituents is 1. The fourth-order valence-electron chi connectivity index (χ4n) is 3.42. The molecule has 0 aliphatic carbocycles. The molecule has 0 saturated carbocycles. The molecular formula is C18H16F2N6O3. The van der Waals surface area contributed by atoms with Crippen LogP contribution in [0.15, 0.2) is 49.1 Å². The monoisotopic (exact) mass is 402 g/mol. The van der Waals surface area contributed by atoms with Crippen molar-refractivity contribution in [1.82, 2.24) is 19.8 Å². The summed E-state index contributed by atoms with van der Waals surface area (Å²) in [6.07, 6.45) is 2.66. The Bertz CT molecular complexity index is 1060. The number of nitrogens with zero attached hydrogens (tertiary/aromatic N) is 5. The van der Waals surface area contributed by atoms with E-state index in [9.17, 15) is 24.0 Å². The fourth-order valence-corrected chi connectivity index (χ4v) is 3.42. The van der Waals surface area contributed by atoms with Crippen LogP contribution in [0.5, 0.6) is 0 Å². The predicted molar refractivity (Wildman–Crippen MR) is 97.4 cm³/mol. The first kappa shape index (κ1) is 18.9. The average Bonchev–Trinajstić information content (AvgIpc) is 3.29. The molecule has 1 aliphatic heterocycles.